The molecule has 7 nitrogen and oxygen atoms in total. The van der Waals surface area contributed by atoms with Gasteiger partial charge in [-0.25, -0.2) is 0 Å². The van der Waals surface area contributed by atoms with Crippen molar-refractivity contribution in [2.24, 2.45) is 0 Å². The maximum Gasteiger partial charge on any atom is 0.279 e. The van der Waals surface area contributed by atoms with Crippen LogP contribution in [0.3, 0.4) is 0 Å². The van der Waals surface area contributed by atoms with Gasteiger partial charge >= 0.3 is 0 Å². The van der Waals surface area contributed by atoms with E-state index in [4.69, 9.17) is 0 Å². The molecule has 0 aliphatic heterocycles. The van der Waals surface area contributed by atoms with Crippen LogP contribution in [-0.4, -0.2) is 37.4 Å². The number of hydrogen-bond acceptors (Lipinski definition) is 3. The number of quaternary nitrogens is 1. The highest BCUT2D eigenvalue weighted by Crippen LogP contribution is 2.16. The van der Waals surface area contributed by atoms with Gasteiger partial charge in [-0.15, -0.1) is 0 Å². The minimum absolute atomic E-state index is 0.122. The Bertz CT molecular complexity index is 878. The van der Waals surface area contributed by atoms with E-state index in [1.807, 2.05) is 39.0 Å². The Morgan fingerprint density at radius 2 is 1.38 bits per heavy atom. The fourth-order valence-corrected chi connectivity index (χ4v) is 2.88. The van der Waals surface area contributed by atoms with Gasteiger partial charge in [0.25, 0.3) is 11.8 Å². The monoisotopic (exact) mass is 397 g/mol. The van der Waals surface area contributed by atoms with Crippen molar-refractivity contribution in [1.82, 2.24) is 0 Å². The molecule has 0 bridgehead atoms. The molecule has 2 rings (SSSR count). The molecule has 0 saturated carbocycles. The van der Waals surface area contributed by atoms with Crippen molar-refractivity contribution < 1.29 is 19.3 Å². The zero-order valence-corrected chi connectivity index (χ0v) is 17.4. The zero-order chi connectivity index (χ0) is 21.4. The number of aryl methyl sites for hydroxylation is 2. The first-order chi connectivity index (χ1) is 13.8. The Kier molecular flexibility index (Phi) is 7.91. The maximum absolute atomic E-state index is 12.4. The number of nitrogens with one attached hydrogen (secondary N) is 4. The van der Waals surface area contributed by atoms with Gasteiger partial charge in [0.1, 0.15) is 0 Å². The van der Waals surface area contributed by atoms with Crippen LogP contribution in [0.5, 0.6) is 0 Å². The van der Waals surface area contributed by atoms with E-state index in [1.54, 1.807) is 24.3 Å². The SMILES string of the molecule is CC[NH+](CC(=O)Nc1ccc(NC(C)=O)cc1)CC(=O)Nc1cc(C)ccc1C. The average molecular weight is 397 g/mol. The number of likely N-dealkylation sites (N-methyl/N-ethyl adjacent to an activating group) is 1. The van der Waals surface area contributed by atoms with Gasteiger partial charge in [-0.1, -0.05) is 12.1 Å². The first-order valence-corrected chi connectivity index (χ1v) is 9.65. The highest BCUT2D eigenvalue weighted by molar-refractivity contribution is 5.94. The van der Waals surface area contributed by atoms with E-state index in [0.29, 0.717) is 17.9 Å². The summed E-state index contributed by atoms with van der Waals surface area (Å²) in [5.41, 5.74) is 4.19. The third kappa shape index (κ3) is 7.38. The Labute approximate surface area is 171 Å². The lowest BCUT2D eigenvalue weighted by Crippen LogP contribution is -3.13. The summed E-state index contributed by atoms with van der Waals surface area (Å²) in [6.07, 6.45) is 0. The predicted octanol–water partition coefficient (Wildman–Crippen LogP) is 1.74. The molecule has 29 heavy (non-hydrogen) atoms. The molecule has 0 aliphatic rings. The van der Waals surface area contributed by atoms with Crippen LogP contribution in [-0.2, 0) is 14.4 Å². The molecular weight excluding hydrogens is 368 g/mol. The van der Waals surface area contributed by atoms with E-state index in [1.165, 1.54) is 6.92 Å². The number of carbonyl (C=O) groups excluding carboxylic acids is 3. The molecule has 3 amide bonds. The summed E-state index contributed by atoms with van der Waals surface area (Å²) in [6.45, 7) is 8.35. The summed E-state index contributed by atoms with van der Waals surface area (Å²) < 4.78 is 0. The number of amides is 3. The first kappa shape index (κ1) is 22.1. The van der Waals surface area contributed by atoms with Crippen molar-refractivity contribution in [3.63, 3.8) is 0 Å². The molecule has 0 radical (unpaired) electrons. The highest BCUT2D eigenvalue weighted by Gasteiger charge is 2.17. The molecular formula is C22H29N4O3+. The van der Waals surface area contributed by atoms with E-state index >= 15 is 0 Å². The second-order valence-electron chi connectivity index (χ2n) is 7.13. The highest BCUT2D eigenvalue weighted by atomic mass is 16.2. The smallest absolute Gasteiger partial charge is 0.279 e. The quantitative estimate of drug-likeness (QED) is 0.547. The summed E-state index contributed by atoms with van der Waals surface area (Å²) in [4.78, 5) is 36.7. The molecule has 0 aliphatic carbocycles. The molecule has 0 fully saturated rings. The molecule has 1 atom stereocenters. The summed E-state index contributed by atoms with van der Waals surface area (Å²) in [7, 11) is 0. The minimum Gasteiger partial charge on any atom is -0.326 e. The first-order valence-electron chi connectivity index (χ1n) is 9.65. The summed E-state index contributed by atoms with van der Waals surface area (Å²) >= 11 is 0. The van der Waals surface area contributed by atoms with Gasteiger partial charge in [0.15, 0.2) is 13.1 Å². The third-order valence-electron chi connectivity index (χ3n) is 4.48. The second-order valence-corrected chi connectivity index (χ2v) is 7.13. The number of benzene rings is 2. The Morgan fingerprint density at radius 3 is 1.93 bits per heavy atom. The lowest BCUT2D eigenvalue weighted by atomic mass is 10.1. The van der Waals surface area contributed by atoms with Crippen LogP contribution in [0.25, 0.3) is 0 Å². The Hall–Kier alpha value is -3.19. The Balaban J connectivity index is 1.88. The zero-order valence-electron chi connectivity index (χ0n) is 17.4. The number of carbonyl (C=O) groups is 3. The molecule has 4 N–H and O–H groups in total. The molecule has 0 aromatic heterocycles. The maximum atomic E-state index is 12.4. The van der Waals surface area contributed by atoms with Crippen LogP contribution in [0.4, 0.5) is 17.1 Å². The van der Waals surface area contributed by atoms with Crippen molar-refractivity contribution in [1.29, 1.82) is 0 Å². The molecule has 1 unspecified atom stereocenters. The second kappa shape index (κ2) is 10.4. The van der Waals surface area contributed by atoms with E-state index < -0.39 is 0 Å². The lowest BCUT2D eigenvalue weighted by molar-refractivity contribution is -0.881. The van der Waals surface area contributed by atoms with Crippen LogP contribution < -0.4 is 20.9 Å². The van der Waals surface area contributed by atoms with Gasteiger partial charge in [0.05, 0.1) is 6.54 Å². The number of hydrogen-bond donors (Lipinski definition) is 4. The van der Waals surface area contributed by atoms with E-state index in [0.717, 1.165) is 21.7 Å². The van der Waals surface area contributed by atoms with Gasteiger partial charge in [0.2, 0.25) is 5.91 Å². The number of anilines is 3. The molecule has 0 spiro atoms. The standard InChI is InChI=1S/C22H28N4O3/c1-5-26(14-22(29)25-20-12-15(2)6-7-16(20)3)13-21(28)24-19-10-8-18(9-11-19)23-17(4)27/h6-12H,5,13-14H2,1-4H3,(H,23,27)(H,24,28)(H,25,29)/p+1. The van der Waals surface area contributed by atoms with Crippen molar-refractivity contribution in [3.8, 4) is 0 Å². The minimum atomic E-state index is -0.173. The van der Waals surface area contributed by atoms with Gasteiger partial charge < -0.3 is 20.9 Å². The Morgan fingerprint density at radius 1 is 0.828 bits per heavy atom. The van der Waals surface area contributed by atoms with Crippen LogP contribution in [0.15, 0.2) is 42.5 Å². The van der Waals surface area contributed by atoms with Crippen LogP contribution in [0.1, 0.15) is 25.0 Å². The van der Waals surface area contributed by atoms with E-state index in [2.05, 4.69) is 16.0 Å². The normalized spacial score (nSPS) is 11.4. The van der Waals surface area contributed by atoms with Crippen LogP contribution in [0.2, 0.25) is 0 Å². The van der Waals surface area contributed by atoms with Crippen molar-refractivity contribution >= 4 is 34.8 Å². The van der Waals surface area contributed by atoms with E-state index in [9.17, 15) is 14.4 Å². The largest absolute Gasteiger partial charge is 0.326 e. The number of rotatable bonds is 8. The predicted molar refractivity (Wildman–Crippen MR) is 115 cm³/mol. The van der Waals surface area contributed by atoms with Crippen LogP contribution >= 0.6 is 0 Å². The molecule has 2 aromatic rings. The van der Waals surface area contributed by atoms with Gasteiger partial charge in [-0.05, 0) is 62.2 Å². The van der Waals surface area contributed by atoms with Gasteiger partial charge in [-0.2, -0.15) is 0 Å². The summed E-state index contributed by atoms with van der Waals surface area (Å²) in [5, 5.41) is 8.43. The molecule has 0 heterocycles. The van der Waals surface area contributed by atoms with Gasteiger partial charge in [-0.3, -0.25) is 14.4 Å². The molecule has 2 aromatic carbocycles. The third-order valence-corrected chi connectivity index (χ3v) is 4.48. The topological polar surface area (TPSA) is 91.7 Å². The van der Waals surface area contributed by atoms with Crippen molar-refractivity contribution in [2.75, 3.05) is 35.6 Å². The van der Waals surface area contributed by atoms with Crippen molar-refractivity contribution in [2.45, 2.75) is 27.7 Å². The average Bonchev–Trinajstić information content (AvgIpc) is 2.65. The summed E-state index contributed by atoms with van der Waals surface area (Å²) in [5.74, 6) is -0.445. The fourth-order valence-electron chi connectivity index (χ4n) is 2.88. The van der Waals surface area contributed by atoms with Crippen molar-refractivity contribution in [3.05, 3.63) is 53.6 Å². The summed E-state index contributed by atoms with van der Waals surface area (Å²) in [6, 6.07) is 12.8. The molecule has 0 saturated heterocycles. The fraction of sp³-hybridized carbons (Fsp3) is 0.318. The lowest BCUT2D eigenvalue weighted by Gasteiger charge is -2.17. The van der Waals surface area contributed by atoms with E-state index in [-0.39, 0.29) is 30.8 Å². The van der Waals surface area contributed by atoms with Crippen LogP contribution in [0, 0.1) is 13.8 Å². The van der Waals surface area contributed by atoms with Gasteiger partial charge in [0, 0.05) is 24.0 Å². The molecule has 154 valence electrons. The molecule has 7 heteroatoms.